The van der Waals surface area contributed by atoms with Crippen LogP contribution >= 0.6 is 0 Å². The van der Waals surface area contributed by atoms with Gasteiger partial charge in [0, 0.05) is 50.5 Å². The highest BCUT2D eigenvalue weighted by Crippen LogP contribution is 2.39. The summed E-state index contributed by atoms with van der Waals surface area (Å²) < 4.78 is 39.9. The maximum Gasteiger partial charge on any atom is 0.395 e. The summed E-state index contributed by atoms with van der Waals surface area (Å²) in [4.78, 5) is 30.9. The fourth-order valence-electron chi connectivity index (χ4n) is 5.58. The first-order valence-corrected chi connectivity index (χ1v) is 13.2. The van der Waals surface area contributed by atoms with Crippen molar-refractivity contribution in [1.29, 1.82) is 0 Å². The third-order valence-corrected chi connectivity index (χ3v) is 8.08. The molecule has 2 aliphatic rings. The van der Waals surface area contributed by atoms with E-state index in [4.69, 9.17) is 5.73 Å². The Bertz CT molecular complexity index is 1140. The smallest absolute Gasteiger partial charge is 0.372 e. The summed E-state index contributed by atoms with van der Waals surface area (Å²) in [5, 5.41) is 0. The van der Waals surface area contributed by atoms with Gasteiger partial charge in [0.05, 0.1) is 5.41 Å². The first-order chi connectivity index (χ1) is 17.9. The van der Waals surface area contributed by atoms with E-state index in [0.717, 1.165) is 36.1 Å². The SMILES string of the molecule is CN(c1ccc(-c2ccccc2C(=O)N2CCC[C@H]2C(N)=O)cc1)C1CCN(CC(C)(C)C(F)(F)F)CC1. The molecular weight excluding hydrogens is 493 g/mol. The molecule has 0 unspecified atom stereocenters. The van der Waals surface area contributed by atoms with E-state index in [2.05, 4.69) is 4.90 Å². The number of nitrogens with zero attached hydrogens (tertiary/aromatic N) is 3. The minimum absolute atomic E-state index is 0.0113. The Kier molecular flexibility index (Phi) is 8.06. The molecule has 0 saturated carbocycles. The van der Waals surface area contributed by atoms with Gasteiger partial charge in [0.15, 0.2) is 0 Å². The van der Waals surface area contributed by atoms with Crippen LogP contribution < -0.4 is 10.6 Å². The van der Waals surface area contributed by atoms with Crippen LogP contribution in [0.4, 0.5) is 18.9 Å². The number of nitrogens with two attached hydrogens (primary N) is 1. The Morgan fingerprint density at radius 2 is 1.61 bits per heavy atom. The third-order valence-electron chi connectivity index (χ3n) is 8.08. The first kappa shape index (κ1) is 28.0. The number of primary amides is 1. The highest BCUT2D eigenvalue weighted by molar-refractivity contribution is 6.03. The van der Waals surface area contributed by atoms with Gasteiger partial charge in [-0.15, -0.1) is 0 Å². The van der Waals surface area contributed by atoms with Gasteiger partial charge >= 0.3 is 6.18 Å². The molecule has 2 fully saturated rings. The van der Waals surface area contributed by atoms with Crippen LogP contribution in [-0.2, 0) is 4.79 Å². The number of hydrogen-bond acceptors (Lipinski definition) is 4. The van der Waals surface area contributed by atoms with Gasteiger partial charge in [0.1, 0.15) is 6.04 Å². The highest BCUT2D eigenvalue weighted by Gasteiger charge is 2.48. The highest BCUT2D eigenvalue weighted by atomic mass is 19.4. The Morgan fingerprint density at radius 1 is 0.974 bits per heavy atom. The summed E-state index contributed by atoms with van der Waals surface area (Å²) in [5.74, 6) is -0.667. The number of likely N-dealkylation sites (tertiary alicyclic amines) is 2. The average molecular weight is 531 g/mol. The van der Waals surface area contributed by atoms with Gasteiger partial charge in [0.2, 0.25) is 5.91 Å². The third kappa shape index (κ3) is 5.82. The zero-order valence-corrected chi connectivity index (χ0v) is 22.3. The number of hydrogen-bond donors (Lipinski definition) is 1. The second-order valence-corrected chi connectivity index (χ2v) is 11.2. The first-order valence-electron chi connectivity index (χ1n) is 13.2. The van der Waals surface area contributed by atoms with E-state index in [1.165, 1.54) is 13.8 Å². The molecule has 38 heavy (non-hydrogen) atoms. The van der Waals surface area contributed by atoms with E-state index in [0.29, 0.717) is 31.6 Å². The van der Waals surface area contributed by atoms with Crippen LogP contribution in [0.15, 0.2) is 48.5 Å². The van der Waals surface area contributed by atoms with Gasteiger partial charge in [0.25, 0.3) is 5.91 Å². The number of piperidine rings is 1. The Hall–Kier alpha value is -3.07. The second-order valence-electron chi connectivity index (χ2n) is 11.2. The van der Waals surface area contributed by atoms with Crippen LogP contribution in [0.5, 0.6) is 0 Å². The number of benzene rings is 2. The lowest BCUT2D eigenvalue weighted by Crippen LogP contribution is -2.49. The normalized spacial score (nSPS) is 19.5. The van der Waals surface area contributed by atoms with E-state index in [9.17, 15) is 22.8 Å². The molecule has 2 aliphatic heterocycles. The zero-order chi connectivity index (χ0) is 27.7. The van der Waals surface area contributed by atoms with Crippen LogP contribution in [0, 0.1) is 5.41 Å². The number of carbonyl (C=O) groups is 2. The van der Waals surface area contributed by atoms with Gasteiger partial charge in [-0.1, -0.05) is 30.3 Å². The van der Waals surface area contributed by atoms with E-state index < -0.39 is 23.5 Å². The molecular formula is C29H37F3N4O2. The van der Waals surface area contributed by atoms with Crippen molar-refractivity contribution in [3.63, 3.8) is 0 Å². The fraction of sp³-hybridized carbons (Fsp3) is 0.517. The summed E-state index contributed by atoms with van der Waals surface area (Å²) in [7, 11) is 2.02. The molecule has 6 nitrogen and oxygen atoms in total. The number of anilines is 1. The topological polar surface area (TPSA) is 69.9 Å². The number of rotatable bonds is 7. The van der Waals surface area contributed by atoms with Crippen molar-refractivity contribution in [2.75, 3.05) is 38.1 Å². The standard InChI is InChI=1S/C29H37F3N4O2/c1-28(2,29(30,31)32)19-35-17-14-22(15-18-35)34(3)21-12-10-20(11-13-21)23-7-4-5-8-24(23)27(38)36-16-6-9-25(36)26(33)37/h4-5,7-8,10-13,22,25H,6,9,14-19H2,1-3H3,(H2,33,37)/t25-/m0/s1. The molecule has 2 aromatic rings. The van der Waals surface area contributed by atoms with Gasteiger partial charge in [-0.25, -0.2) is 0 Å². The summed E-state index contributed by atoms with van der Waals surface area (Å²) in [5.41, 5.74) is 7.04. The number of alkyl halides is 3. The van der Waals surface area contributed by atoms with Gasteiger partial charge in [-0.05, 0) is 68.9 Å². The predicted octanol–water partition coefficient (Wildman–Crippen LogP) is 4.93. The van der Waals surface area contributed by atoms with Crippen LogP contribution in [-0.4, -0.2) is 73.1 Å². The Morgan fingerprint density at radius 3 is 2.21 bits per heavy atom. The summed E-state index contributed by atoms with van der Waals surface area (Å²) in [6, 6.07) is 15.0. The van der Waals surface area contributed by atoms with Gasteiger partial charge < -0.3 is 20.4 Å². The molecule has 0 aromatic heterocycles. The number of amides is 2. The van der Waals surface area contributed by atoms with E-state index in [1.807, 2.05) is 54.4 Å². The quantitative estimate of drug-likeness (QED) is 0.551. The molecule has 4 rings (SSSR count). The maximum atomic E-state index is 13.3. The van der Waals surface area contributed by atoms with E-state index in [-0.39, 0.29) is 18.5 Å². The lowest BCUT2D eigenvalue weighted by molar-refractivity contribution is -0.217. The Labute approximate surface area is 222 Å². The largest absolute Gasteiger partial charge is 0.395 e. The van der Waals surface area contributed by atoms with Crippen molar-refractivity contribution < 1.29 is 22.8 Å². The number of carbonyl (C=O) groups excluding carboxylic acids is 2. The van der Waals surface area contributed by atoms with Crippen molar-refractivity contribution in [1.82, 2.24) is 9.80 Å². The van der Waals surface area contributed by atoms with Crippen molar-refractivity contribution in [2.24, 2.45) is 11.1 Å². The number of halogens is 3. The van der Waals surface area contributed by atoms with Gasteiger partial charge in [-0.2, -0.15) is 13.2 Å². The van der Waals surface area contributed by atoms with Crippen molar-refractivity contribution >= 4 is 17.5 Å². The molecule has 0 aliphatic carbocycles. The molecule has 9 heteroatoms. The molecule has 2 heterocycles. The van der Waals surface area contributed by atoms with Crippen LogP contribution in [0.2, 0.25) is 0 Å². The van der Waals surface area contributed by atoms with Gasteiger partial charge in [-0.3, -0.25) is 9.59 Å². The fourth-order valence-corrected chi connectivity index (χ4v) is 5.58. The van der Waals surface area contributed by atoms with Crippen molar-refractivity contribution in [3.05, 3.63) is 54.1 Å². The lowest BCUT2D eigenvalue weighted by atomic mass is 9.90. The molecule has 2 amide bonds. The molecule has 2 N–H and O–H groups in total. The molecule has 1 atom stereocenters. The lowest BCUT2D eigenvalue weighted by Gasteiger charge is -2.41. The molecule has 2 aromatic carbocycles. The monoisotopic (exact) mass is 530 g/mol. The molecule has 0 spiro atoms. The zero-order valence-electron chi connectivity index (χ0n) is 22.3. The predicted molar refractivity (Wildman–Crippen MR) is 143 cm³/mol. The van der Waals surface area contributed by atoms with E-state index >= 15 is 0 Å². The minimum atomic E-state index is -4.22. The summed E-state index contributed by atoms with van der Waals surface area (Å²) in [6.07, 6.45) is -1.30. The van der Waals surface area contributed by atoms with Crippen LogP contribution in [0.25, 0.3) is 11.1 Å². The van der Waals surface area contributed by atoms with Crippen molar-refractivity contribution in [3.8, 4) is 11.1 Å². The second kappa shape index (κ2) is 11.0. The van der Waals surface area contributed by atoms with E-state index in [1.54, 1.807) is 11.0 Å². The van der Waals surface area contributed by atoms with Crippen molar-refractivity contribution in [2.45, 2.75) is 57.8 Å². The average Bonchev–Trinajstić information content (AvgIpc) is 3.38. The van der Waals surface area contributed by atoms with Crippen LogP contribution in [0.3, 0.4) is 0 Å². The molecule has 0 bridgehead atoms. The Balaban J connectivity index is 1.43. The minimum Gasteiger partial charge on any atom is -0.372 e. The molecule has 206 valence electrons. The summed E-state index contributed by atoms with van der Waals surface area (Å²) in [6.45, 7) is 4.31. The maximum absolute atomic E-state index is 13.3. The summed E-state index contributed by atoms with van der Waals surface area (Å²) >= 11 is 0. The van der Waals surface area contributed by atoms with Crippen LogP contribution in [0.1, 0.15) is 49.9 Å². The molecule has 2 saturated heterocycles. The molecule has 0 radical (unpaired) electrons.